The fourth-order valence-corrected chi connectivity index (χ4v) is 6.50. The summed E-state index contributed by atoms with van der Waals surface area (Å²) < 4.78 is 6.15. The second-order valence-corrected chi connectivity index (χ2v) is 9.47. The molecule has 1 aromatic rings. The van der Waals surface area contributed by atoms with Crippen molar-refractivity contribution in [1.82, 2.24) is 15.1 Å². The van der Waals surface area contributed by atoms with Gasteiger partial charge in [-0.3, -0.25) is 9.89 Å². The molecule has 4 aliphatic heterocycles. The first kappa shape index (κ1) is 20.9. The summed E-state index contributed by atoms with van der Waals surface area (Å²) >= 11 is 1.88. The van der Waals surface area contributed by atoms with E-state index in [0.717, 1.165) is 44.0 Å². The van der Waals surface area contributed by atoms with Crippen molar-refractivity contribution in [2.45, 2.75) is 50.9 Å². The molecule has 5 rings (SSSR count). The van der Waals surface area contributed by atoms with Crippen LogP contribution in [0.5, 0.6) is 0 Å². The van der Waals surface area contributed by atoms with Gasteiger partial charge in [0.15, 0.2) is 5.96 Å². The van der Waals surface area contributed by atoms with Crippen LogP contribution in [0.2, 0.25) is 0 Å². The molecule has 0 saturated carbocycles. The summed E-state index contributed by atoms with van der Waals surface area (Å²) in [6.07, 6.45) is 6.20. The van der Waals surface area contributed by atoms with Gasteiger partial charge >= 0.3 is 0 Å². The minimum absolute atomic E-state index is 0. The van der Waals surface area contributed by atoms with Gasteiger partial charge in [0.05, 0.1) is 24.8 Å². The summed E-state index contributed by atoms with van der Waals surface area (Å²) in [5, 5.41) is 5.77. The molecule has 5 heterocycles. The van der Waals surface area contributed by atoms with E-state index in [2.05, 4.69) is 39.6 Å². The van der Waals surface area contributed by atoms with Gasteiger partial charge in [-0.15, -0.1) is 35.3 Å². The summed E-state index contributed by atoms with van der Waals surface area (Å²) in [7, 11) is 0. The van der Waals surface area contributed by atoms with Crippen molar-refractivity contribution in [3.05, 3.63) is 22.4 Å². The molecule has 5 nitrogen and oxygen atoms in total. The van der Waals surface area contributed by atoms with E-state index < -0.39 is 0 Å². The molecule has 4 aliphatic rings. The number of guanidine groups is 1. The molecule has 4 fully saturated rings. The van der Waals surface area contributed by atoms with Crippen molar-refractivity contribution < 1.29 is 4.74 Å². The number of halogens is 1. The van der Waals surface area contributed by atoms with E-state index in [4.69, 9.17) is 9.73 Å². The molecule has 0 amide bonds. The van der Waals surface area contributed by atoms with Gasteiger partial charge in [0.1, 0.15) is 0 Å². The number of nitrogens with one attached hydrogen (secondary N) is 1. The van der Waals surface area contributed by atoms with E-state index in [9.17, 15) is 0 Å². The number of aliphatic imine (C=N–C) groups is 1. The molecule has 0 radical (unpaired) electrons. The Bertz CT molecular complexity index is 645. The first-order valence-electron chi connectivity index (χ1n) is 10.8. The molecule has 2 bridgehead atoms. The lowest BCUT2D eigenvalue weighted by molar-refractivity contribution is 0.0767. The molecule has 156 valence electrons. The van der Waals surface area contributed by atoms with Gasteiger partial charge in [-0.05, 0) is 57.1 Å². The smallest absolute Gasteiger partial charge is 0.194 e. The number of fused-ring (bicyclic) bond motifs is 5. The monoisotopic (exact) mass is 516 g/mol. The standard InChI is InChI=1S/C21H32N4OS.HI/c1-2-22-21(25-13-15-16(14-25)19-8-7-18(15)26-19)23-12-17(20-6-5-11-27-20)24-9-3-4-10-24;/h5-6,11,15-19H,2-4,7-10,12-14H2,1H3,(H,22,23);1H. The molecule has 5 atom stereocenters. The molecular weight excluding hydrogens is 483 g/mol. The average molecular weight is 516 g/mol. The SMILES string of the molecule is CCNC(=NCC(c1cccs1)N1CCCC1)N1CC2C3CCC(O3)C2C1.I. The molecule has 5 unspecified atom stereocenters. The fourth-order valence-electron chi connectivity index (χ4n) is 5.65. The average Bonchev–Trinajstić information content (AvgIpc) is 3.50. The molecule has 1 N–H and O–H groups in total. The Labute approximate surface area is 189 Å². The fraction of sp³-hybridized carbons (Fsp3) is 0.762. The lowest BCUT2D eigenvalue weighted by Gasteiger charge is -2.27. The van der Waals surface area contributed by atoms with E-state index in [0.29, 0.717) is 18.2 Å². The van der Waals surface area contributed by atoms with E-state index >= 15 is 0 Å². The Morgan fingerprint density at radius 3 is 2.57 bits per heavy atom. The lowest BCUT2D eigenvalue weighted by Crippen LogP contribution is -2.42. The van der Waals surface area contributed by atoms with Crippen LogP contribution in [0.15, 0.2) is 22.5 Å². The zero-order valence-electron chi connectivity index (χ0n) is 16.8. The summed E-state index contributed by atoms with van der Waals surface area (Å²) in [5.74, 6) is 2.56. The second-order valence-electron chi connectivity index (χ2n) is 8.49. The Morgan fingerprint density at radius 2 is 1.96 bits per heavy atom. The van der Waals surface area contributed by atoms with Crippen molar-refractivity contribution >= 4 is 41.3 Å². The molecule has 28 heavy (non-hydrogen) atoms. The quantitative estimate of drug-likeness (QED) is 0.369. The highest BCUT2D eigenvalue weighted by molar-refractivity contribution is 14.0. The summed E-state index contributed by atoms with van der Waals surface area (Å²) in [5.41, 5.74) is 0. The third kappa shape index (κ3) is 3.96. The summed E-state index contributed by atoms with van der Waals surface area (Å²) in [4.78, 5) is 11.8. The van der Waals surface area contributed by atoms with Crippen LogP contribution in [0.25, 0.3) is 0 Å². The Kier molecular flexibility index (Phi) is 6.85. The highest BCUT2D eigenvalue weighted by Gasteiger charge is 2.53. The van der Waals surface area contributed by atoms with Crippen molar-refractivity contribution in [3.8, 4) is 0 Å². The molecule has 4 saturated heterocycles. The Morgan fingerprint density at radius 1 is 1.25 bits per heavy atom. The van der Waals surface area contributed by atoms with Crippen LogP contribution in [0.3, 0.4) is 0 Å². The second kappa shape index (κ2) is 9.18. The van der Waals surface area contributed by atoms with Gasteiger partial charge in [0, 0.05) is 36.3 Å². The minimum Gasteiger partial charge on any atom is -0.374 e. The van der Waals surface area contributed by atoms with Crippen molar-refractivity contribution in [2.24, 2.45) is 16.8 Å². The number of rotatable bonds is 5. The topological polar surface area (TPSA) is 40.1 Å². The molecule has 1 aromatic heterocycles. The number of hydrogen-bond donors (Lipinski definition) is 1. The Hall–Kier alpha value is -0.380. The maximum atomic E-state index is 6.15. The minimum atomic E-state index is 0. The van der Waals surface area contributed by atoms with E-state index in [1.54, 1.807) is 0 Å². The Balaban J connectivity index is 0.00000192. The highest BCUT2D eigenvalue weighted by atomic mass is 127. The van der Waals surface area contributed by atoms with Gasteiger partial charge in [-0.2, -0.15) is 0 Å². The van der Waals surface area contributed by atoms with Crippen molar-refractivity contribution in [2.75, 3.05) is 39.3 Å². The first-order chi connectivity index (χ1) is 13.3. The maximum Gasteiger partial charge on any atom is 0.194 e. The predicted octanol–water partition coefficient (Wildman–Crippen LogP) is 3.58. The number of likely N-dealkylation sites (tertiary alicyclic amines) is 2. The van der Waals surface area contributed by atoms with Crippen molar-refractivity contribution in [3.63, 3.8) is 0 Å². The first-order valence-corrected chi connectivity index (χ1v) is 11.7. The van der Waals surface area contributed by atoms with E-state index in [1.807, 2.05) is 11.3 Å². The summed E-state index contributed by atoms with van der Waals surface area (Å²) in [6.45, 7) is 8.62. The highest BCUT2D eigenvalue weighted by Crippen LogP contribution is 2.47. The van der Waals surface area contributed by atoms with Gasteiger partial charge < -0.3 is 15.0 Å². The third-order valence-electron chi connectivity index (χ3n) is 6.95. The lowest BCUT2D eigenvalue weighted by atomic mass is 9.82. The number of thiophene rings is 1. The van der Waals surface area contributed by atoms with Gasteiger partial charge in [0.2, 0.25) is 0 Å². The van der Waals surface area contributed by atoms with E-state index in [-0.39, 0.29) is 24.0 Å². The largest absolute Gasteiger partial charge is 0.374 e. The summed E-state index contributed by atoms with van der Waals surface area (Å²) in [6, 6.07) is 4.89. The van der Waals surface area contributed by atoms with E-state index in [1.165, 1.54) is 43.6 Å². The van der Waals surface area contributed by atoms with Crippen LogP contribution in [0.1, 0.15) is 43.5 Å². The molecular formula is C21H33IN4OS. The molecule has 7 heteroatoms. The van der Waals surface area contributed by atoms with Crippen LogP contribution < -0.4 is 5.32 Å². The zero-order valence-corrected chi connectivity index (χ0v) is 19.9. The molecule has 0 spiro atoms. The van der Waals surface area contributed by atoms with Crippen LogP contribution in [-0.4, -0.2) is 67.2 Å². The molecule has 0 aromatic carbocycles. The maximum absolute atomic E-state index is 6.15. The number of nitrogens with zero attached hydrogens (tertiary/aromatic N) is 3. The molecule has 0 aliphatic carbocycles. The van der Waals surface area contributed by atoms with Crippen LogP contribution in [-0.2, 0) is 4.74 Å². The number of ether oxygens (including phenoxy) is 1. The predicted molar refractivity (Wildman–Crippen MR) is 126 cm³/mol. The zero-order chi connectivity index (χ0) is 18.2. The van der Waals surface area contributed by atoms with Crippen LogP contribution >= 0.6 is 35.3 Å². The third-order valence-corrected chi connectivity index (χ3v) is 7.93. The van der Waals surface area contributed by atoms with Crippen molar-refractivity contribution in [1.29, 1.82) is 0 Å². The van der Waals surface area contributed by atoms with Crippen LogP contribution in [0, 0.1) is 11.8 Å². The van der Waals surface area contributed by atoms with Gasteiger partial charge in [0.25, 0.3) is 0 Å². The number of hydrogen-bond acceptors (Lipinski definition) is 4. The van der Waals surface area contributed by atoms with Gasteiger partial charge in [-0.1, -0.05) is 6.07 Å². The van der Waals surface area contributed by atoms with Gasteiger partial charge in [-0.25, -0.2) is 0 Å². The van der Waals surface area contributed by atoms with Crippen LogP contribution in [0.4, 0.5) is 0 Å². The normalized spacial score (nSPS) is 33.2.